The van der Waals surface area contributed by atoms with E-state index in [0.717, 1.165) is 61.8 Å². The van der Waals surface area contributed by atoms with Crippen molar-refractivity contribution in [3.63, 3.8) is 0 Å². The van der Waals surface area contributed by atoms with Crippen LogP contribution in [-0.4, -0.2) is 54.8 Å². The molecular weight excluding hydrogens is 443 g/mol. The number of nitrogen functional groups attached to an aromatic ring is 1. The summed E-state index contributed by atoms with van der Waals surface area (Å²) in [5.41, 5.74) is 7.10. The summed E-state index contributed by atoms with van der Waals surface area (Å²) in [6, 6.07) is 2.18. The minimum Gasteiger partial charge on any atom is -0.378 e. The van der Waals surface area contributed by atoms with Gasteiger partial charge in [-0.25, -0.2) is 19.3 Å². The highest BCUT2D eigenvalue weighted by Crippen LogP contribution is 2.39. The first-order valence-electron chi connectivity index (χ1n) is 12.6. The molecule has 0 amide bonds. The van der Waals surface area contributed by atoms with Crippen LogP contribution in [0.15, 0.2) is 24.7 Å². The summed E-state index contributed by atoms with van der Waals surface area (Å²) in [5.74, 6) is 6.66. The molecule has 4 heterocycles. The smallest absolute Gasteiger partial charge is 0.220 e. The SMILES string of the molecule is CC(O)(C#Cc1cc2c(-c3nc(N)ncc3F)cn(C3CCN(CC4CC4)CC3)c2cn1)C1CC1. The highest BCUT2D eigenvalue weighted by Gasteiger charge is 2.38. The topological polar surface area (TPSA) is 93.1 Å². The molecule has 1 saturated heterocycles. The number of hydrogen-bond acceptors (Lipinski definition) is 6. The normalized spacial score (nSPS) is 21.0. The Morgan fingerprint density at radius 2 is 1.91 bits per heavy atom. The van der Waals surface area contributed by atoms with Crippen LogP contribution in [0.25, 0.3) is 22.2 Å². The summed E-state index contributed by atoms with van der Waals surface area (Å²) < 4.78 is 17.1. The number of nitrogens with zero attached hydrogens (tertiary/aromatic N) is 5. The molecule has 35 heavy (non-hydrogen) atoms. The largest absolute Gasteiger partial charge is 0.378 e. The molecule has 0 spiro atoms. The number of piperidine rings is 1. The monoisotopic (exact) mass is 474 g/mol. The number of aliphatic hydroxyl groups is 1. The van der Waals surface area contributed by atoms with E-state index in [1.165, 1.54) is 19.4 Å². The van der Waals surface area contributed by atoms with Crippen LogP contribution in [0.5, 0.6) is 0 Å². The maximum atomic E-state index is 14.8. The van der Waals surface area contributed by atoms with Gasteiger partial charge in [-0.3, -0.25) is 0 Å². The van der Waals surface area contributed by atoms with Gasteiger partial charge in [-0.2, -0.15) is 0 Å². The molecule has 3 fully saturated rings. The van der Waals surface area contributed by atoms with E-state index in [2.05, 4.69) is 36.3 Å². The van der Waals surface area contributed by atoms with E-state index in [0.29, 0.717) is 17.3 Å². The molecule has 8 heteroatoms. The molecule has 182 valence electrons. The van der Waals surface area contributed by atoms with Crippen LogP contribution in [0.1, 0.15) is 57.2 Å². The highest BCUT2D eigenvalue weighted by atomic mass is 19.1. The van der Waals surface area contributed by atoms with Gasteiger partial charge in [-0.15, -0.1) is 0 Å². The summed E-state index contributed by atoms with van der Waals surface area (Å²) in [6.07, 6.45) is 11.7. The number of fused-ring (bicyclic) bond motifs is 1. The zero-order valence-electron chi connectivity index (χ0n) is 20.0. The average molecular weight is 475 g/mol. The number of anilines is 1. The van der Waals surface area contributed by atoms with Crippen molar-refractivity contribution >= 4 is 16.9 Å². The Balaban J connectivity index is 1.38. The Labute approximate surface area is 204 Å². The van der Waals surface area contributed by atoms with Gasteiger partial charge in [0.25, 0.3) is 0 Å². The van der Waals surface area contributed by atoms with Crippen molar-refractivity contribution in [1.82, 2.24) is 24.4 Å². The lowest BCUT2D eigenvalue weighted by molar-refractivity contribution is 0.0980. The van der Waals surface area contributed by atoms with Crippen molar-refractivity contribution < 1.29 is 9.50 Å². The molecule has 2 saturated carbocycles. The molecule has 2 aliphatic carbocycles. The van der Waals surface area contributed by atoms with Crippen molar-refractivity contribution in [1.29, 1.82) is 0 Å². The zero-order chi connectivity index (χ0) is 24.2. The maximum absolute atomic E-state index is 14.8. The molecule has 7 nitrogen and oxygen atoms in total. The summed E-state index contributed by atoms with van der Waals surface area (Å²) in [7, 11) is 0. The van der Waals surface area contributed by atoms with Crippen molar-refractivity contribution in [2.45, 2.75) is 57.1 Å². The van der Waals surface area contributed by atoms with Gasteiger partial charge < -0.3 is 20.3 Å². The van der Waals surface area contributed by atoms with E-state index in [1.54, 1.807) is 6.92 Å². The third-order valence-corrected chi connectivity index (χ3v) is 7.72. The van der Waals surface area contributed by atoms with Gasteiger partial charge in [-0.1, -0.05) is 5.92 Å². The third kappa shape index (κ3) is 4.63. The number of nitrogens with two attached hydrogens (primary N) is 1. The van der Waals surface area contributed by atoms with Crippen LogP contribution in [0, 0.1) is 29.5 Å². The second kappa shape index (κ2) is 8.58. The molecule has 1 atom stereocenters. The van der Waals surface area contributed by atoms with Crippen LogP contribution >= 0.6 is 0 Å². The van der Waals surface area contributed by atoms with Crippen molar-refractivity contribution in [3.05, 3.63) is 36.2 Å². The quantitative estimate of drug-likeness (QED) is 0.547. The second-order valence-electron chi connectivity index (χ2n) is 10.6. The fourth-order valence-electron chi connectivity index (χ4n) is 5.26. The van der Waals surface area contributed by atoms with Crippen LogP contribution in [0.2, 0.25) is 0 Å². The zero-order valence-corrected chi connectivity index (χ0v) is 20.0. The molecule has 1 unspecified atom stereocenters. The van der Waals surface area contributed by atoms with E-state index in [-0.39, 0.29) is 17.6 Å². The van der Waals surface area contributed by atoms with E-state index in [9.17, 15) is 9.50 Å². The fourth-order valence-corrected chi connectivity index (χ4v) is 5.26. The number of halogens is 1. The average Bonchev–Trinajstić information content (AvgIpc) is 3.78. The predicted molar refractivity (Wildman–Crippen MR) is 133 cm³/mol. The molecule has 0 radical (unpaired) electrons. The molecule has 3 aromatic rings. The maximum Gasteiger partial charge on any atom is 0.220 e. The van der Waals surface area contributed by atoms with E-state index < -0.39 is 11.4 Å². The van der Waals surface area contributed by atoms with Gasteiger partial charge in [-0.05, 0) is 69.3 Å². The summed E-state index contributed by atoms with van der Waals surface area (Å²) >= 11 is 0. The number of hydrogen-bond donors (Lipinski definition) is 2. The Morgan fingerprint density at radius 3 is 2.63 bits per heavy atom. The number of aromatic nitrogens is 4. The summed E-state index contributed by atoms with van der Waals surface area (Å²) in [5, 5.41) is 11.4. The number of likely N-dealkylation sites (tertiary alicyclic amines) is 1. The predicted octanol–water partition coefficient (Wildman–Crippen LogP) is 3.77. The third-order valence-electron chi connectivity index (χ3n) is 7.72. The van der Waals surface area contributed by atoms with E-state index >= 15 is 0 Å². The number of rotatable bonds is 5. The molecule has 3 aliphatic rings. The van der Waals surface area contributed by atoms with E-state index in [1.807, 2.05) is 18.5 Å². The molecule has 3 N–H and O–H groups in total. The molecule has 3 aromatic heterocycles. The fraction of sp³-hybridized carbons (Fsp3) is 0.519. The minimum absolute atomic E-state index is 0.0326. The Morgan fingerprint density at radius 1 is 1.14 bits per heavy atom. The van der Waals surface area contributed by atoms with Crippen LogP contribution in [0.3, 0.4) is 0 Å². The van der Waals surface area contributed by atoms with Gasteiger partial charge in [0.2, 0.25) is 5.95 Å². The molecule has 1 aliphatic heterocycles. The van der Waals surface area contributed by atoms with Crippen LogP contribution in [-0.2, 0) is 0 Å². The first-order valence-corrected chi connectivity index (χ1v) is 12.6. The Kier molecular flexibility index (Phi) is 5.50. The molecule has 6 rings (SSSR count). The van der Waals surface area contributed by atoms with Gasteiger partial charge in [0.15, 0.2) is 5.82 Å². The lowest BCUT2D eigenvalue weighted by Gasteiger charge is -2.33. The summed E-state index contributed by atoms with van der Waals surface area (Å²) in [6.45, 7) is 5.10. The van der Waals surface area contributed by atoms with Crippen molar-refractivity contribution in [3.8, 4) is 23.1 Å². The van der Waals surface area contributed by atoms with Gasteiger partial charge in [0, 0.05) is 42.8 Å². The molecule has 0 bridgehead atoms. The van der Waals surface area contributed by atoms with Gasteiger partial charge in [0.05, 0.1) is 17.9 Å². The lowest BCUT2D eigenvalue weighted by Crippen LogP contribution is -2.35. The molecule has 0 aromatic carbocycles. The second-order valence-corrected chi connectivity index (χ2v) is 10.6. The van der Waals surface area contributed by atoms with Crippen LogP contribution < -0.4 is 5.73 Å². The van der Waals surface area contributed by atoms with Crippen molar-refractivity contribution in [2.75, 3.05) is 25.4 Å². The Hall–Kier alpha value is -3.02. The minimum atomic E-state index is -1.02. The number of pyridine rings is 1. The first-order chi connectivity index (χ1) is 16.9. The standard InChI is InChI=1S/C27H31FN6O/c1-27(35,18-4-5-18)9-6-19-12-21-22(25-23(28)13-31-26(29)32-25)16-34(24(21)14-30-19)20-7-10-33(11-8-20)15-17-2-3-17/h12-14,16-18,20,35H,2-5,7-8,10-11,15H2,1H3,(H2,29,31,32). The Bertz CT molecular complexity index is 1320. The van der Waals surface area contributed by atoms with Crippen molar-refractivity contribution in [2.24, 2.45) is 11.8 Å². The van der Waals surface area contributed by atoms with Crippen LogP contribution in [0.4, 0.5) is 10.3 Å². The van der Waals surface area contributed by atoms with Gasteiger partial charge >= 0.3 is 0 Å². The first kappa shape index (κ1) is 22.4. The summed E-state index contributed by atoms with van der Waals surface area (Å²) in [4.78, 5) is 15.2. The molecular formula is C27H31FN6O. The highest BCUT2D eigenvalue weighted by molar-refractivity contribution is 5.95. The van der Waals surface area contributed by atoms with E-state index in [4.69, 9.17) is 5.73 Å². The lowest BCUT2D eigenvalue weighted by atomic mass is 10.0. The van der Waals surface area contributed by atoms with Gasteiger partial charge in [0.1, 0.15) is 17.0 Å².